The number of rotatable bonds is 4. The van der Waals surface area contributed by atoms with Crippen LogP contribution in [0.4, 0.5) is 0 Å². The molecule has 0 aromatic carbocycles. The first kappa shape index (κ1) is 14.3. The SMILES string of the molecule is CCOC(=O)/C(=C1\CCC(C2=CCCC=C2)N1)[N+](=O)[O-]. The van der Waals surface area contributed by atoms with Crippen LogP contribution in [0.1, 0.15) is 32.6 Å². The number of nitrogens with zero attached hydrogens (tertiary/aromatic N) is 1. The van der Waals surface area contributed by atoms with Crippen LogP contribution in [0.2, 0.25) is 0 Å². The maximum atomic E-state index is 11.7. The van der Waals surface area contributed by atoms with Gasteiger partial charge in [-0.2, -0.15) is 0 Å². The van der Waals surface area contributed by atoms with E-state index in [0.717, 1.165) is 24.8 Å². The van der Waals surface area contributed by atoms with Crippen LogP contribution < -0.4 is 5.32 Å². The molecule has 0 amide bonds. The van der Waals surface area contributed by atoms with Gasteiger partial charge in [0.1, 0.15) is 0 Å². The molecule has 1 aliphatic heterocycles. The van der Waals surface area contributed by atoms with Gasteiger partial charge >= 0.3 is 11.7 Å². The van der Waals surface area contributed by atoms with E-state index in [2.05, 4.69) is 17.5 Å². The van der Waals surface area contributed by atoms with Crippen LogP contribution in [0.5, 0.6) is 0 Å². The molecule has 0 radical (unpaired) electrons. The fourth-order valence-electron chi connectivity index (χ4n) is 2.48. The van der Waals surface area contributed by atoms with Gasteiger partial charge in [0, 0.05) is 0 Å². The lowest BCUT2D eigenvalue weighted by Gasteiger charge is -2.15. The molecule has 1 unspecified atom stereocenters. The number of esters is 1. The summed E-state index contributed by atoms with van der Waals surface area (Å²) in [5.41, 5.74) is 1.05. The molecule has 2 rings (SSSR count). The van der Waals surface area contributed by atoms with E-state index in [1.165, 1.54) is 0 Å². The molecule has 1 aliphatic carbocycles. The van der Waals surface area contributed by atoms with E-state index < -0.39 is 16.6 Å². The molecule has 20 heavy (non-hydrogen) atoms. The molecule has 6 nitrogen and oxygen atoms in total. The number of hydrogen-bond acceptors (Lipinski definition) is 5. The predicted molar refractivity (Wildman–Crippen MR) is 73.3 cm³/mol. The summed E-state index contributed by atoms with van der Waals surface area (Å²) < 4.78 is 4.75. The highest BCUT2D eigenvalue weighted by atomic mass is 16.6. The Morgan fingerprint density at radius 1 is 1.55 bits per heavy atom. The lowest BCUT2D eigenvalue weighted by Crippen LogP contribution is -2.26. The Morgan fingerprint density at radius 3 is 2.95 bits per heavy atom. The first-order valence-electron chi connectivity index (χ1n) is 6.81. The number of nitro groups is 1. The van der Waals surface area contributed by atoms with Crippen molar-refractivity contribution in [2.45, 2.75) is 38.6 Å². The topological polar surface area (TPSA) is 81.5 Å². The Kier molecular flexibility index (Phi) is 4.55. The van der Waals surface area contributed by atoms with Crippen LogP contribution in [0.3, 0.4) is 0 Å². The smallest absolute Gasteiger partial charge is 0.411 e. The molecule has 108 valence electrons. The highest BCUT2D eigenvalue weighted by molar-refractivity contribution is 5.86. The molecular formula is C14H18N2O4. The Labute approximate surface area is 117 Å². The Hall–Kier alpha value is -2.11. The van der Waals surface area contributed by atoms with Gasteiger partial charge in [0.05, 0.1) is 23.3 Å². The summed E-state index contributed by atoms with van der Waals surface area (Å²) >= 11 is 0. The lowest BCUT2D eigenvalue weighted by atomic mass is 9.99. The average molecular weight is 278 g/mol. The number of carbonyl (C=O) groups is 1. The monoisotopic (exact) mass is 278 g/mol. The van der Waals surface area contributed by atoms with Crippen molar-refractivity contribution in [2.24, 2.45) is 0 Å². The molecule has 0 aromatic rings. The molecule has 1 N–H and O–H groups in total. The predicted octanol–water partition coefficient (Wildman–Crippen LogP) is 2.07. The quantitative estimate of drug-likeness (QED) is 0.368. The van der Waals surface area contributed by atoms with Gasteiger partial charge in [-0.1, -0.05) is 18.2 Å². The molecule has 0 spiro atoms. The van der Waals surface area contributed by atoms with Crippen molar-refractivity contribution in [3.63, 3.8) is 0 Å². The largest absolute Gasteiger partial charge is 0.458 e. The average Bonchev–Trinajstić information content (AvgIpc) is 2.89. The van der Waals surface area contributed by atoms with Crippen LogP contribution in [0.15, 0.2) is 35.2 Å². The Balaban J connectivity index is 2.17. The van der Waals surface area contributed by atoms with Gasteiger partial charge in [0.2, 0.25) is 0 Å². The van der Waals surface area contributed by atoms with Crippen molar-refractivity contribution < 1.29 is 14.5 Å². The van der Waals surface area contributed by atoms with Gasteiger partial charge in [-0.3, -0.25) is 10.1 Å². The second kappa shape index (κ2) is 6.36. The van der Waals surface area contributed by atoms with Crippen molar-refractivity contribution in [2.75, 3.05) is 6.61 Å². The zero-order valence-electron chi connectivity index (χ0n) is 11.4. The second-order valence-corrected chi connectivity index (χ2v) is 4.72. The van der Waals surface area contributed by atoms with Gasteiger partial charge in [0.25, 0.3) is 0 Å². The summed E-state index contributed by atoms with van der Waals surface area (Å²) in [5, 5.41) is 14.2. The standard InChI is InChI=1S/C14H18N2O4/c1-2-20-14(17)13(16(18)19)12-9-8-11(15-12)10-6-4-3-5-7-10/h4,6-7,11,15H,2-3,5,8-9H2,1H3/b13-12-. The molecule has 0 aromatic heterocycles. The van der Waals surface area contributed by atoms with E-state index >= 15 is 0 Å². The van der Waals surface area contributed by atoms with E-state index in [4.69, 9.17) is 4.74 Å². The lowest BCUT2D eigenvalue weighted by molar-refractivity contribution is -0.422. The van der Waals surface area contributed by atoms with Crippen LogP contribution in [-0.2, 0) is 9.53 Å². The minimum Gasteiger partial charge on any atom is -0.458 e. The summed E-state index contributed by atoms with van der Waals surface area (Å²) in [6.45, 7) is 1.75. The third kappa shape index (κ3) is 3.07. The molecule has 1 heterocycles. The molecule has 1 fully saturated rings. The number of ether oxygens (including phenoxy) is 1. The van der Waals surface area contributed by atoms with E-state index in [9.17, 15) is 14.9 Å². The summed E-state index contributed by atoms with van der Waals surface area (Å²) in [4.78, 5) is 22.1. The number of nitrogens with one attached hydrogen (secondary N) is 1. The van der Waals surface area contributed by atoms with Crippen molar-refractivity contribution >= 4 is 5.97 Å². The molecule has 1 saturated heterocycles. The first-order chi connectivity index (χ1) is 9.63. The fourth-order valence-corrected chi connectivity index (χ4v) is 2.48. The maximum absolute atomic E-state index is 11.7. The van der Waals surface area contributed by atoms with Crippen molar-refractivity contribution in [1.82, 2.24) is 5.32 Å². The van der Waals surface area contributed by atoms with E-state index in [-0.39, 0.29) is 12.6 Å². The summed E-state index contributed by atoms with van der Waals surface area (Å²) in [6, 6.07) is 0.0472. The molecule has 2 aliphatic rings. The Bertz CT molecular complexity index is 505. The molecular weight excluding hydrogens is 260 g/mol. The van der Waals surface area contributed by atoms with Crippen molar-refractivity contribution in [1.29, 1.82) is 0 Å². The molecule has 0 bridgehead atoms. The summed E-state index contributed by atoms with van der Waals surface area (Å²) in [6.07, 6.45) is 9.54. The minimum atomic E-state index is -0.867. The van der Waals surface area contributed by atoms with Crippen LogP contribution in [-0.4, -0.2) is 23.5 Å². The Morgan fingerprint density at radius 2 is 2.35 bits per heavy atom. The van der Waals surface area contributed by atoms with Crippen LogP contribution >= 0.6 is 0 Å². The van der Waals surface area contributed by atoms with E-state index in [1.807, 2.05) is 6.08 Å². The number of carbonyl (C=O) groups excluding carboxylic acids is 1. The van der Waals surface area contributed by atoms with Gasteiger partial charge in [0.15, 0.2) is 0 Å². The first-order valence-corrected chi connectivity index (χ1v) is 6.81. The third-order valence-electron chi connectivity index (χ3n) is 3.39. The van der Waals surface area contributed by atoms with Gasteiger partial charge < -0.3 is 10.1 Å². The van der Waals surface area contributed by atoms with E-state index in [1.54, 1.807) is 6.92 Å². The van der Waals surface area contributed by atoms with Gasteiger partial charge in [-0.15, -0.1) is 0 Å². The molecule has 0 saturated carbocycles. The van der Waals surface area contributed by atoms with Crippen molar-refractivity contribution in [3.8, 4) is 0 Å². The van der Waals surface area contributed by atoms with Crippen molar-refractivity contribution in [3.05, 3.63) is 45.3 Å². The summed E-state index contributed by atoms with van der Waals surface area (Å²) in [5.74, 6) is -0.867. The fraction of sp³-hybridized carbons (Fsp3) is 0.500. The normalized spacial score (nSPS) is 23.9. The molecule has 1 atom stereocenters. The number of allylic oxidation sites excluding steroid dienone is 3. The minimum absolute atomic E-state index is 0.0472. The summed E-state index contributed by atoms with van der Waals surface area (Å²) in [7, 11) is 0. The van der Waals surface area contributed by atoms with Crippen LogP contribution in [0.25, 0.3) is 0 Å². The van der Waals surface area contributed by atoms with Gasteiger partial charge in [-0.25, -0.2) is 4.79 Å². The number of hydrogen-bond donors (Lipinski definition) is 1. The highest BCUT2D eigenvalue weighted by Gasteiger charge is 2.34. The second-order valence-electron chi connectivity index (χ2n) is 4.72. The zero-order valence-corrected chi connectivity index (χ0v) is 11.4. The third-order valence-corrected chi connectivity index (χ3v) is 3.39. The van der Waals surface area contributed by atoms with Crippen LogP contribution in [0, 0.1) is 10.1 Å². The van der Waals surface area contributed by atoms with Gasteiger partial charge in [-0.05, 0) is 38.2 Å². The zero-order chi connectivity index (χ0) is 14.5. The molecule has 6 heteroatoms. The highest BCUT2D eigenvalue weighted by Crippen LogP contribution is 2.26. The van der Waals surface area contributed by atoms with E-state index in [0.29, 0.717) is 12.1 Å². The maximum Gasteiger partial charge on any atom is 0.411 e.